The standard InChI is InChI=1S/C51H35NO2/c1-4-11-35(12-5-1)36-19-21-37(22-20-36)41-15-10-18-45(33-41)52(43-16-8-3-9-17-43)44-28-23-38(24-29-44)42-25-30-46-49(34-42)53-48-32-27-40-26-31-47(54-51(40)50(46)48)39-13-6-2-7-14-39/h1-25,27-34H,26H2. The van der Waals surface area contributed by atoms with E-state index in [1.165, 1.54) is 27.8 Å². The van der Waals surface area contributed by atoms with Gasteiger partial charge in [-0.2, -0.15) is 0 Å². The van der Waals surface area contributed by atoms with Crippen LogP contribution in [0.2, 0.25) is 0 Å². The zero-order chi connectivity index (χ0) is 35.8. The van der Waals surface area contributed by atoms with Crippen molar-refractivity contribution in [3.63, 3.8) is 0 Å². The predicted molar refractivity (Wildman–Crippen MR) is 223 cm³/mol. The minimum Gasteiger partial charge on any atom is -0.456 e. The zero-order valence-electron chi connectivity index (χ0n) is 29.5. The van der Waals surface area contributed by atoms with E-state index in [9.17, 15) is 0 Å². The summed E-state index contributed by atoms with van der Waals surface area (Å²) in [7, 11) is 0. The van der Waals surface area contributed by atoms with Crippen LogP contribution in [0.5, 0.6) is 5.75 Å². The van der Waals surface area contributed by atoms with Crippen LogP contribution in [0.25, 0.3) is 61.1 Å². The summed E-state index contributed by atoms with van der Waals surface area (Å²) in [5.74, 6) is 1.77. The molecule has 9 aromatic rings. The van der Waals surface area contributed by atoms with Crippen molar-refractivity contribution in [3.8, 4) is 39.1 Å². The van der Waals surface area contributed by atoms with Gasteiger partial charge in [0, 0.05) is 28.0 Å². The topological polar surface area (TPSA) is 25.6 Å². The summed E-state index contributed by atoms with van der Waals surface area (Å²) in [6.45, 7) is 0. The SMILES string of the molecule is C1=C(c2ccccc2)Oc2c(ccc3oc4cc(-c5ccc(N(c6ccccc6)c6cccc(-c7ccc(-c8ccccc8)cc7)c6)cc5)ccc4c23)C1. The van der Waals surface area contributed by atoms with Gasteiger partial charge in [-0.3, -0.25) is 0 Å². The maximum Gasteiger partial charge on any atom is 0.142 e. The monoisotopic (exact) mass is 693 g/mol. The summed E-state index contributed by atoms with van der Waals surface area (Å²) >= 11 is 0. The molecule has 0 fully saturated rings. The summed E-state index contributed by atoms with van der Waals surface area (Å²) < 4.78 is 13.0. The Morgan fingerprint density at radius 2 is 0.926 bits per heavy atom. The molecule has 10 rings (SSSR count). The minimum atomic E-state index is 0.818. The Hall–Kier alpha value is -7.10. The maximum absolute atomic E-state index is 6.57. The quantitative estimate of drug-likeness (QED) is 0.166. The van der Waals surface area contributed by atoms with Crippen LogP contribution in [0.1, 0.15) is 11.1 Å². The number of anilines is 3. The number of furan rings is 1. The highest BCUT2D eigenvalue weighted by atomic mass is 16.5. The van der Waals surface area contributed by atoms with Crippen molar-refractivity contribution < 1.29 is 9.15 Å². The summed E-state index contributed by atoms with van der Waals surface area (Å²) in [6, 6.07) is 68.5. The van der Waals surface area contributed by atoms with E-state index in [4.69, 9.17) is 9.15 Å². The fraction of sp³-hybridized carbons (Fsp3) is 0.0196. The average Bonchev–Trinajstić information content (AvgIpc) is 3.64. The van der Waals surface area contributed by atoms with Crippen LogP contribution < -0.4 is 9.64 Å². The van der Waals surface area contributed by atoms with E-state index >= 15 is 0 Å². The van der Waals surface area contributed by atoms with Crippen LogP contribution in [0.4, 0.5) is 17.1 Å². The Bertz CT molecular complexity index is 2780. The van der Waals surface area contributed by atoms with Crippen LogP contribution in [0.3, 0.4) is 0 Å². The lowest BCUT2D eigenvalue weighted by Gasteiger charge is -2.26. The van der Waals surface area contributed by atoms with Crippen molar-refractivity contribution in [1.82, 2.24) is 0 Å². The molecule has 0 aliphatic carbocycles. The van der Waals surface area contributed by atoms with Crippen molar-refractivity contribution >= 4 is 44.8 Å². The molecule has 0 bridgehead atoms. The number of hydrogen-bond donors (Lipinski definition) is 0. The van der Waals surface area contributed by atoms with Crippen molar-refractivity contribution in [2.24, 2.45) is 0 Å². The van der Waals surface area contributed by atoms with E-state index in [2.05, 4.69) is 187 Å². The Morgan fingerprint density at radius 1 is 0.389 bits per heavy atom. The molecule has 0 saturated heterocycles. The second-order valence-electron chi connectivity index (χ2n) is 13.7. The van der Waals surface area contributed by atoms with Gasteiger partial charge < -0.3 is 14.1 Å². The second-order valence-corrected chi connectivity index (χ2v) is 13.7. The number of benzene rings is 8. The molecule has 1 aliphatic rings. The molecule has 3 heteroatoms. The van der Waals surface area contributed by atoms with E-state index in [0.717, 1.165) is 73.6 Å². The molecule has 256 valence electrons. The molecule has 8 aromatic carbocycles. The van der Waals surface area contributed by atoms with Gasteiger partial charge in [-0.15, -0.1) is 0 Å². The van der Waals surface area contributed by atoms with Crippen LogP contribution in [-0.4, -0.2) is 0 Å². The van der Waals surface area contributed by atoms with Crippen LogP contribution in [-0.2, 0) is 6.42 Å². The largest absolute Gasteiger partial charge is 0.456 e. The van der Waals surface area contributed by atoms with E-state index in [1.807, 2.05) is 18.2 Å². The van der Waals surface area contributed by atoms with Crippen LogP contribution in [0.15, 0.2) is 205 Å². The molecule has 0 spiro atoms. The molecule has 0 amide bonds. The molecule has 3 nitrogen and oxygen atoms in total. The number of para-hydroxylation sites is 1. The average molecular weight is 694 g/mol. The minimum absolute atomic E-state index is 0.818. The third kappa shape index (κ3) is 5.82. The normalized spacial score (nSPS) is 12.3. The van der Waals surface area contributed by atoms with Gasteiger partial charge in [-0.1, -0.05) is 140 Å². The molecule has 0 radical (unpaired) electrons. The molecule has 1 aromatic heterocycles. The van der Waals surface area contributed by atoms with Gasteiger partial charge in [0.25, 0.3) is 0 Å². The third-order valence-corrected chi connectivity index (χ3v) is 10.4. The van der Waals surface area contributed by atoms with Gasteiger partial charge in [0.1, 0.15) is 22.7 Å². The molecule has 0 N–H and O–H groups in total. The number of nitrogens with zero attached hydrogens (tertiary/aromatic N) is 1. The van der Waals surface area contributed by atoms with Crippen molar-refractivity contribution in [1.29, 1.82) is 0 Å². The van der Waals surface area contributed by atoms with Crippen LogP contribution >= 0.6 is 0 Å². The van der Waals surface area contributed by atoms with Gasteiger partial charge >= 0.3 is 0 Å². The molecule has 1 aliphatic heterocycles. The van der Waals surface area contributed by atoms with Gasteiger partial charge in [0.2, 0.25) is 0 Å². The lowest BCUT2D eigenvalue weighted by atomic mass is 9.99. The number of fused-ring (bicyclic) bond motifs is 5. The Labute approximate surface area is 314 Å². The van der Waals surface area contributed by atoms with Gasteiger partial charge in [-0.05, 0) is 106 Å². The first kappa shape index (κ1) is 31.6. The highest BCUT2D eigenvalue weighted by molar-refractivity contribution is 6.10. The Kier molecular flexibility index (Phi) is 7.88. The highest BCUT2D eigenvalue weighted by Gasteiger charge is 2.21. The van der Waals surface area contributed by atoms with Crippen molar-refractivity contribution in [3.05, 3.63) is 211 Å². The van der Waals surface area contributed by atoms with E-state index in [1.54, 1.807) is 0 Å². The van der Waals surface area contributed by atoms with Gasteiger partial charge in [0.15, 0.2) is 0 Å². The number of rotatable bonds is 7. The zero-order valence-corrected chi connectivity index (χ0v) is 29.5. The number of allylic oxidation sites excluding steroid dienone is 1. The molecule has 54 heavy (non-hydrogen) atoms. The molecule has 0 atom stereocenters. The third-order valence-electron chi connectivity index (χ3n) is 10.4. The molecular formula is C51H35NO2. The Balaban J connectivity index is 0.966. The smallest absolute Gasteiger partial charge is 0.142 e. The first-order valence-corrected chi connectivity index (χ1v) is 18.4. The Morgan fingerprint density at radius 3 is 1.65 bits per heavy atom. The number of hydrogen-bond acceptors (Lipinski definition) is 3. The van der Waals surface area contributed by atoms with E-state index in [0.29, 0.717) is 0 Å². The maximum atomic E-state index is 6.57. The number of ether oxygens (including phenoxy) is 1. The second kappa shape index (κ2) is 13.5. The highest BCUT2D eigenvalue weighted by Crippen LogP contribution is 2.43. The molecule has 0 unspecified atom stereocenters. The van der Waals surface area contributed by atoms with Crippen molar-refractivity contribution in [2.45, 2.75) is 6.42 Å². The molecule has 0 saturated carbocycles. The molecule has 2 heterocycles. The fourth-order valence-electron chi connectivity index (χ4n) is 7.61. The fourth-order valence-corrected chi connectivity index (χ4v) is 7.61. The van der Waals surface area contributed by atoms with E-state index in [-0.39, 0.29) is 0 Å². The summed E-state index contributed by atoms with van der Waals surface area (Å²) in [4.78, 5) is 2.31. The first-order chi connectivity index (χ1) is 26.7. The van der Waals surface area contributed by atoms with Crippen molar-refractivity contribution in [2.75, 3.05) is 4.90 Å². The van der Waals surface area contributed by atoms with Gasteiger partial charge in [0.05, 0.1) is 5.39 Å². The first-order valence-electron chi connectivity index (χ1n) is 18.4. The summed E-state index contributed by atoms with van der Waals surface area (Å²) in [5, 5.41) is 2.08. The predicted octanol–water partition coefficient (Wildman–Crippen LogP) is 14.0. The van der Waals surface area contributed by atoms with Gasteiger partial charge in [-0.25, -0.2) is 0 Å². The summed E-state index contributed by atoms with van der Waals surface area (Å²) in [5.41, 5.74) is 14.2. The molecular weight excluding hydrogens is 659 g/mol. The van der Waals surface area contributed by atoms with E-state index < -0.39 is 0 Å². The summed E-state index contributed by atoms with van der Waals surface area (Å²) in [6.07, 6.45) is 2.98. The lowest BCUT2D eigenvalue weighted by Crippen LogP contribution is -2.09. The lowest BCUT2D eigenvalue weighted by molar-refractivity contribution is 0.504. The van der Waals surface area contributed by atoms with Crippen LogP contribution in [0, 0.1) is 0 Å².